The number of Topliss-reactive ketones (excluding diaryl/α,β-unsaturated/α-hetero) is 1. The Labute approximate surface area is 65.8 Å². The highest BCUT2D eigenvalue weighted by Crippen LogP contribution is 2.05. The second kappa shape index (κ2) is 3.32. The van der Waals surface area contributed by atoms with Crippen molar-refractivity contribution in [3.63, 3.8) is 0 Å². The highest BCUT2D eigenvalue weighted by molar-refractivity contribution is 5.94. The lowest BCUT2D eigenvalue weighted by Gasteiger charge is -1.99. The van der Waals surface area contributed by atoms with Crippen LogP contribution in [0.3, 0.4) is 0 Å². The van der Waals surface area contributed by atoms with Gasteiger partial charge in [0.1, 0.15) is 5.69 Å². The molecule has 0 aliphatic heterocycles. The Morgan fingerprint density at radius 3 is 2.91 bits per heavy atom. The van der Waals surface area contributed by atoms with Crippen LogP contribution in [0.2, 0.25) is 0 Å². The Kier molecular flexibility index (Phi) is 2.41. The van der Waals surface area contributed by atoms with E-state index in [9.17, 15) is 4.79 Å². The van der Waals surface area contributed by atoms with Gasteiger partial charge in [0.05, 0.1) is 0 Å². The number of H-pyrrole nitrogens is 1. The molecule has 0 aliphatic carbocycles. The van der Waals surface area contributed by atoms with Gasteiger partial charge in [-0.1, -0.05) is 13.8 Å². The van der Waals surface area contributed by atoms with E-state index in [4.69, 9.17) is 0 Å². The maximum absolute atomic E-state index is 11.2. The molecule has 1 aromatic rings. The molecule has 3 nitrogen and oxygen atoms in total. The average Bonchev–Trinajstić information content (AvgIpc) is 2.35. The van der Waals surface area contributed by atoms with Crippen LogP contribution in [0.1, 0.15) is 30.8 Å². The second-order valence-corrected chi connectivity index (χ2v) is 2.99. The first kappa shape index (κ1) is 7.98. The minimum atomic E-state index is 0.137. The van der Waals surface area contributed by atoms with Crippen LogP contribution in [0.15, 0.2) is 12.3 Å². The summed E-state index contributed by atoms with van der Waals surface area (Å²) in [7, 11) is 0. The first-order valence-electron chi connectivity index (χ1n) is 3.72. The molecular formula is C8H12N2O. The molecule has 3 heteroatoms. The van der Waals surface area contributed by atoms with Gasteiger partial charge in [0.2, 0.25) is 0 Å². The molecule has 0 amide bonds. The number of carbonyl (C=O) groups is 1. The molecule has 0 saturated heterocycles. The van der Waals surface area contributed by atoms with Crippen molar-refractivity contribution < 1.29 is 4.79 Å². The van der Waals surface area contributed by atoms with Gasteiger partial charge in [-0.15, -0.1) is 0 Å². The predicted molar refractivity (Wildman–Crippen MR) is 42.4 cm³/mol. The van der Waals surface area contributed by atoms with Crippen LogP contribution in [0.5, 0.6) is 0 Å². The van der Waals surface area contributed by atoms with Crippen molar-refractivity contribution in [1.82, 2.24) is 10.2 Å². The van der Waals surface area contributed by atoms with Crippen molar-refractivity contribution in [3.8, 4) is 0 Å². The summed E-state index contributed by atoms with van der Waals surface area (Å²) in [6.07, 6.45) is 2.18. The lowest BCUT2D eigenvalue weighted by atomic mass is 10.1. The maximum Gasteiger partial charge on any atom is 0.180 e. The number of aromatic nitrogens is 2. The molecule has 0 fully saturated rings. The molecule has 0 saturated carbocycles. The van der Waals surface area contributed by atoms with E-state index in [1.54, 1.807) is 12.3 Å². The molecule has 60 valence electrons. The second-order valence-electron chi connectivity index (χ2n) is 2.99. The SMILES string of the molecule is CC(C)CC(=O)c1ccn[nH]1. The molecule has 0 unspecified atom stereocenters. The minimum absolute atomic E-state index is 0.137. The zero-order valence-corrected chi connectivity index (χ0v) is 6.79. The van der Waals surface area contributed by atoms with Crippen LogP contribution >= 0.6 is 0 Å². The molecule has 0 bridgehead atoms. The van der Waals surface area contributed by atoms with Gasteiger partial charge in [0.15, 0.2) is 5.78 Å². The van der Waals surface area contributed by atoms with Crippen LogP contribution in [0.4, 0.5) is 0 Å². The van der Waals surface area contributed by atoms with Gasteiger partial charge in [0, 0.05) is 12.6 Å². The number of rotatable bonds is 3. The molecule has 0 aromatic carbocycles. The van der Waals surface area contributed by atoms with Crippen molar-refractivity contribution in [1.29, 1.82) is 0 Å². The summed E-state index contributed by atoms with van der Waals surface area (Å²) in [5, 5.41) is 6.35. The van der Waals surface area contributed by atoms with Crippen LogP contribution in [-0.4, -0.2) is 16.0 Å². The number of ketones is 1. The number of hydrogen-bond acceptors (Lipinski definition) is 2. The smallest absolute Gasteiger partial charge is 0.180 e. The fourth-order valence-corrected chi connectivity index (χ4v) is 0.892. The van der Waals surface area contributed by atoms with Gasteiger partial charge < -0.3 is 0 Å². The molecule has 0 aliphatic rings. The van der Waals surface area contributed by atoms with E-state index in [2.05, 4.69) is 10.2 Å². The first-order chi connectivity index (χ1) is 5.20. The van der Waals surface area contributed by atoms with Gasteiger partial charge >= 0.3 is 0 Å². The van der Waals surface area contributed by atoms with Crippen molar-refractivity contribution in [2.75, 3.05) is 0 Å². The number of nitrogens with one attached hydrogen (secondary N) is 1. The summed E-state index contributed by atoms with van der Waals surface area (Å²) < 4.78 is 0. The largest absolute Gasteiger partial charge is 0.292 e. The minimum Gasteiger partial charge on any atom is -0.292 e. The van der Waals surface area contributed by atoms with E-state index in [1.807, 2.05) is 13.8 Å². The molecular weight excluding hydrogens is 140 g/mol. The molecule has 1 heterocycles. The van der Waals surface area contributed by atoms with Crippen molar-refractivity contribution in [3.05, 3.63) is 18.0 Å². The van der Waals surface area contributed by atoms with Crippen LogP contribution in [0.25, 0.3) is 0 Å². The normalized spacial score (nSPS) is 10.5. The average molecular weight is 152 g/mol. The zero-order chi connectivity index (χ0) is 8.27. The summed E-state index contributed by atoms with van der Waals surface area (Å²) in [5.41, 5.74) is 0.610. The van der Waals surface area contributed by atoms with Gasteiger partial charge in [-0.25, -0.2) is 0 Å². The lowest BCUT2D eigenvalue weighted by molar-refractivity contribution is 0.0963. The number of carbonyl (C=O) groups excluding carboxylic acids is 1. The standard InChI is InChI=1S/C8H12N2O/c1-6(2)5-8(11)7-3-4-9-10-7/h3-4,6H,5H2,1-2H3,(H,9,10). The third kappa shape index (κ3) is 2.18. The number of aromatic amines is 1. The summed E-state index contributed by atoms with van der Waals surface area (Å²) in [6, 6.07) is 1.70. The number of nitrogens with zero attached hydrogens (tertiary/aromatic N) is 1. The Bertz CT molecular complexity index is 226. The molecule has 1 N–H and O–H groups in total. The number of hydrogen-bond donors (Lipinski definition) is 1. The first-order valence-corrected chi connectivity index (χ1v) is 3.72. The maximum atomic E-state index is 11.2. The van der Waals surface area contributed by atoms with Crippen molar-refractivity contribution in [2.24, 2.45) is 5.92 Å². The van der Waals surface area contributed by atoms with Crippen molar-refractivity contribution >= 4 is 5.78 Å². The molecule has 1 aromatic heterocycles. The van der Waals surface area contributed by atoms with E-state index in [0.29, 0.717) is 18.0 Å². The van der Waals surface area contributed by atoms with Gasteiger partial charge in [0.25, 0.3) is 0 Å². The van der Waals surface area contributed by atoms with Gasteiger partial charge in [-0.2, -0.15) is 5.10 Å². The summed E-state index contributed by atoms with van der Waals surface area (Å²) >= 11 is 0. The van der Waals surface area contributed by atoms with Crippen LogP contribution < -0.4 is 0 Å². The van der Waals surface area contributed by atoms with E-state index in [1.165, 1.54) is 0 Å². The molecule has 1 rings (SSSR count). The van der Waals surface area contributed by atoms with Gasteiger partial charge in [-0.05, 0) is 12.0 Å². The van der Waals surface area contributed by atoms with Crippen molar-refractivity contribution in [2.45, 2.75) is 20.3 Å². The Morgan fingerprint density at radius 2 is 2.45 bits per heavy atom. The van der Waals surface area contributed by atoms with E-state index >= 15 is 0 Å². The summed E-state index contributed by atoms with van der Waals surface area (Å²) in [4.78, 5) is 11.2. The fourth-order valence-electron chi connectivity index (χ4n) is 0.892. The fraction of sp³-hybridized carbons (Fsp3) is 0.500. The Hall–Kier alpha value is -1.12. The third-order valence-corrected chi connectivity index (χ3v) is 1.39. The van der Waals surface area contributed by atoms with Crippen LogP contribution in [-0.2, 0) is 0 Å². The molecule has 0 radical (unpaired) electrons. The topological polar surface area (TPSA) is 45.8 Å². The zero-order valence-electron chi connectivity index (χ0n) is 6.79. The van der Waals surface area contributed by atoms with E-state index in [0.717, 1.165) is 0 Å². The highest BCUT2D eigenvalue weighted by Gasteiger charge is 2.08. The molecule has 0 atom stereocenters. The predicted octanol–water partition coefficient (Wildman–Crippen LogP) is 1.64. The van der Waals surface area contributed by atoms with E-state index < -0.39 is 0 Å². The monoisotopic (exact) mass is 152 g/mol. The Morgan fingerprint density at radius 1 is 1.73 bits per heavy atom. The molecule has 11 heavy (non-hydrogen) atoms. The molecule has 0 spiro atoms. The van der Waals surface area contributed by atoms with Gasteiger partial charge in [-0.3, -0.25) is 9.89 Å². The Balaban J connectivity index is 2.57. The van der Waals surface area contributed by atoms with E-state index in [-0.39, 0.29) is 5.78 Å². The lowest BCUT2D eigenvalue weighted by Crippen LogP contribution is -2.03. The summed E-state index contributed by atoms with van der Waals surface area (Å²) in [5.74, 6) is 0.545. The third-order valence-electron chi connectivity index (χ3n) is 1.39. The summed E-state index contributed by atoms with van der Waals surface area (Å²) in [6.45, 7) is 4.04. The highest BCUT2D eigenvalue weighted by atomic mass is 16.1. The quantitative estimate of drug-likeness (QED) is 0.669. The van der Waals surface area contributed by atoms with Crippen LogP contribution in [0, 0.1) is 5.92 Å².